The number of benzene rings is 1. The molecule has 0 N–H and O–H groups in total. The van der Waals surface area contributed by atoms with Crippen molar-refractivity contribution < 1.29 is 35.1 Å². The Labute approximate surface area is 147 Å². The highest BCUT2D eigenvalue weighted by Gasteiger charge is 2.30. The number of alkyl halides is 3. The largest absolute Gasteiger partial charge is 0.416 e. The molecular weight excluding hydrogens is 377 g/mol. The molecule has 1 aromatic heterocycles. The zero-order valence-electron chi connectivity index (χ0n) is 13.8. The fraction of sp³-hybridized carbons (Fsp3) is 0.333. The van der Waals surface area contributed by atoms with E-state index in [0.717, 1.165) is 18.4 Å². The first-order valence-electron chi connectivity index (χ1n) is 7.27. The maximum atomic E-state index is 12.7. The monoisotopic (exact) mass is 392 g/mol. The highest BCUT2D eigenvalue weighted by Crippen LogP contribution is 2.32. The van der Waals surface area contributed by atoms with Gasteiger partial charge in [0.15, 0.2) is 5.76 Å². The zero-order chi connectivity index (χ0) is 19.4. The third kappa shape index (κ3) is 5.30. The number of nitrogens with zero attached hydrogens (tertiary/aromatic N) is 2. The minimum Gasteiger partial charge on any atom is -0.396 e. The van der Waals surface area contributed by atoms with Gasteiger partial charge in [-0.2, -0.15) is 21.6 Å². The summed E-state index contributed by atoms with van der Waals surface area (Å²) in [6, 6.07) is 4.22. The van der Waals surface area contributed by atoms with E-state index in [0.29, 0.717) is 5.56 Å². The molecule has 26 heavy (non-hydrogen) atoms. The van der Waals surface area contributed by atoms with Crippen molar-refractivity contribution in [2.75, 3.05) is 12.9 Å². The summed E-state index contributed by atoms with van der Waals surface area (Å²) in [6.07, 6.45) is -2.36. The van der Waals surface area contributed by atoms with E-state index in [2.05, 4.69) is 14.5 Å². The van der Waals surface area contributed by atoms with Crippen LogP contribution in [-0.4, -0.2) is 32.7 Å². The summed E-state index contributed by atoms with van der Waals surface area (Å²) >= 11 is 0. The molecule has 0 unspecified atom stereocenters. The van der Waals surface area contributed by atoms with Gasteiger partial charge in [0, 0.05) is 5.56 Å². The summed E-state index contributed by atoms with van der Waals surface area (Å²) in [5.74, 6) is 0.106. The maximum absolute atomic E-state index is 12.7. The summed E-state index contributed by atoms with van der Waals surface area (Å²) in [5.41, 5.74) is -0.171. The van der Waals surface area contributed by atoms with Crippen LogP contribution in [0.25, 0.3) is 11.3 Å². The van der Waals surface area contributed by atoms with Gasteiger partial charge in [-0.15, -0.1) is 0 Å². The van der Waals surface area contributed by atoms with Crippen LogP contribution in [0.3, 0.4) is 0 Å². The molecule has 1 aromatic carbocycles. The van der Waals surface area contributed by atoms with Crippen LogP contribution in [0.15, 0.2) is 33.9 Å². The number of oxime groups is 1. The van der Waals surface area contributed by atoms with Gasteiger partial charge in [0.05, 0.1) is 23.6 Å². The van der Waals surface area contributed by atoms with Crippen molar-refractivity contribution in [1.29, 1.82) is 0 Å². The molecule has 2 aromatic rings. The number of rotatable bonds is 7. The van der Waals surface area contributed by atoms with Crippen molar-refractivity contribution >= 4 is 16.3 Å². The van der Waals surface area contributed by atoms with E-state index >= 15 is 0 Å². The molecular formula is C15H15F3N2O5S. The van der Waals surface area contributed by atoms with E-state index in [1.165, 1.54) is 18.3 Å². The van der Waals surface area contributed by atoms with Gasteiger partial charge in [-0.3, -0.25) is 4.18 Å². The minimum atomic E-state index is -4.46. The molecule has 0 aliphatic rings. The van der Waals surface area contributed by atoms with Crippen LogP contribution in [0.2, 0.25) is 0 Å². The summed E-state index contributed by atoms with van der Waals surface area (Å²) in [4.78, 5) is 4.85. The molecule has 0 aliphatic heterocycles. The molecule has 2 rings (SSSR count). The predicted octanol–water partition coefficient (Wildman–Crippen LogP) is 3.21. The van der Waals surface area contributed by atoms with Crippen molar-refractivity contribution in [2.24, 2.45) is 5.16 Å². The molecule has 0 atom stereocenters. The molecule has 1 heterocycles. The molecule has 0 fully saturated rings. The van der Waals surface area contributed by atoms with Crippen molar-refractivity contribution in [3.63, 3.8) is 0 Å². The fourth-order valence-electron chi connectivity index (χ4n) is 1.91. The Kier molecular flexibility index (Phi) is 6.03. The van der Waals surface area contributed by atoms with E-state index in [1.54, 1.807) is 6.92 Å². The molecule has 7 nitrogen and oxygen atoms in total. The van der Waals surface area contributed by atoms with Gasteiger partial charge in [-0.25, -0.2) is 0 Å². The van der Waals surface area contributed by atoms with Crippen LogP contribution in [0.5, 0.6) is 0 Å². The SMILES string of the molecule is CCO/N=C/c1c(COS(C)(=O)=O)noc1-c1ccc(C(F)(F)F)cc1. The van der Waals surface area contributed by atoms with Gasteiger partial charge >= 0.3 is 6.18 Å². The lowest BCUT2D eigenvalue weighted by Crippen LogP contribution is -2.05. The van der Waals surface area contributed by atoms with E-state index in [1.807, 2.05) is 0 Å². The first-order chi connectivity index (χ1) is 12.1. The summed E-state index contributed by atoms with van der Waals surface area (Å²) in [5, 5.41) is 7.38. The standard InChI is InChI=1S/C15H15F3N2O5S/c1-3-23-19-8-12-13(9-24-26(2,21)22)20-25-14(12)10-4-6-11(7-5-10)15(16,17)18/h4-8H,3,9H2,1-2H3/b19-8+. The van der Waals surface area contributed by atoms with Gasteiger partial charge in [-0.1, -0.05) is 22.4 Å². The summed E-state index contributed by atoms with van der Waals surface area (Å²) in [7, 11) is -3.72. The Balaban J connectivity index is 2.39. The number of hydrogen-bond acceptors (Lipinski definition) is 7. The molecule has 0 aliphatic carbocycles. The van der Waals surface area contributed by atoms with E-state index in [4.69, 9.17) is 9.36 Å². The van der Waals surface area contributed by atoms with Crippen molar-refractivity contribution in [3.8, 4) is 11.3 Å². The normalized spacial score (nSPS) is 12.7. The van der Waals surface area contributed by atoms with Crippen molar-refractivity contribution in [3.05, 3.63) is 41.1 Å². The topological polar surface area (TPSA) is 91.0 Å². The number of aromatic nitrogens is 1. The second kappa shape index (κ2) is 7.87. The van der Waals surface area contributed by atoms with Crippen LogP contribution >= 0.6 is 0 Å². The number of hydrogen-bond donors (Lipinski definition) is 0. The van der Waals surface area contributed by atoms with E-state index in [-0.39, 0.29) is 23.6 Å². The van der Waals surface area contributed by atoms with Crippen molar-refractivity contribution in [1.82, 2.24) is 5.16 Å². The van der Waals surface area contributed by atoms with Crippen LogP contribution in [0, 0.1) is 0 Å². The maximum Gasteiger partial charge on any atom is 0.416 e. The highest BCUT2D eigenvalue weighted by atomic mass is 32.2. The fourth-order valence-corrected chi connectivity index (χ4v) is 2.24. The summed E-state index contributed by atoms with van der Waals surface area (Å²) in [6.45, 7) is 1.57. The Morgan fingerprint density at radius 3 is 2.46 bits per heavy atom. The van der Waals surface area contributed by atoms with Gasteiger partial charge in [-0.05, 0) is 19.1 Å². The quantitative estimate of drug-likeness (QED) is 0.408. The van der Waals surface area contributed by atoms with Crippen LogP contribution < -0.4 is 0 Å². The lowest BCUT2D eigenvalue weighted by molar-refractivity contribution is -0.137. The molecule has 0 bridgehead atoms. The smallest absolute Gasteiger partial charge is 0.396 e. The van der Waals surface area contributed by atoms with Gasteiger partial charge in [0.2, 0.25) is 0 Å². The molecule has 0 saturated carbocycles. The van der Waals surface area contributed by atoms with Crippen LogP contribution in [0.4, 0.5) is 13.2 Å². The van der Waals surface area contributed by atoms with Crippen molar-refractivity contribution in [2.45, 2.75) is 19.7 Å². The average Bonchev–Trinajstić information content (AvgIpc) is 2.95. The lowest BCUT2D eigenvalue weighted by Gasteiger charge is -2.06. The molecule has 142 valence electrons. The third-order valence-corrected chi connectivity index (χ3v) is 3.62. The van der Waals surface area contributed by atoms with E-state index < -0.39 is 28.5 Å². The highest BCUT2D eigenvalue weighted by molar-refractivity contribution is 7.85. The molecule has 0 saturated heterocycles. The molecule has 0 spiro atoms. The Morgan fingerprint density at radius 1 is 1.27 bits per heavy atom. The average molecular weight is 392 g/mol. The third-order valence-electron chi connectivity index (χ3n) is 3.07. The second-order valence-corrected chi connectivity index (χ2v) is 6.71. The first kappa shape index (κ1) is 19.9. The molecule has 0 amide bonds. The Morgan fingerprint density at radius 2 is 1.92 bits per heavy atom. The van der Waals surface area contributed by atoms with Crippen LogP contribution in [0.1, 0.15) is 23.7 Å². The minimum absolute atomic E-state index is 0.105. The Bertz CT molecular complexity index is 874. The Hall–Kier alpha value is -2.40. The van der Waals surface area contributed by atoms with E-state index in [9.17, 15) is 21.6 Å². The zero-order valence-corrected chi connectivity index (χ0v) is 14.6. The summed E-state index contributed by atoms with van der Waals surface area (Å²) < 4.78 is 70.1. The van der Waals surface area contributed by atoms with Gasteiger partial charge < -0.3 is 9.36 Å². The van der Waals surface area contributed by atoms with Crippen LogP contribution in [-0.2, 0) is 31.9 Å². The van der Waals surface area contributed by atoms with Gasteiger partial charge in [0.25, 0.3) is 10.1 Å². The predicted molar refractivity (Wildman–Crippen MR) is 85.8 cm³/mol. The number of halogens is 3. The lowest BCUT2D eigenvalue weighted by atomic mass is 10.1. The molecule has 11 heteroatoms. The van der Waals surface area contributed by atoms with Gasteiger partial charge in [0.1, 0.15) is 18.9 Å². The first-order valence-corrected chi connectivity index (χ1v) is 9.09. The second-order valence-electron chi connectivity index (χ2n) is 5.07. The molecule has 0 radical (unpaired) electrons.